The van der Waals surface area contributed by atoms with Crippen LogP contribution in [0.15, 0.2) is 24.4 Å². The summed E-state index contributed by atoms with van der Waals surface area (Å²) < 4.78 is 15.1. The van der Waals surface area contributed by atoms with Gasteiger partial charge in [-0.15, -0.1) is 5.10 Å². The van der Waals surface area contributed by atoms with Crippen LogP contribution in [0, 0.1) is 17.1 Å². The van der Waals surface area contributed by atoms with Gasteiger partial charge in [-0.3, -0.25) is 0 Å². The van der Waals surface area contributed by atoms with Gasteiger partial charge >= 0.3 is 0 Å². The zero-order chi connectivity index (χ0) is 17.3. The van der Waals surface area contributed by atoms with Crippen molar-refractivity contribution in [2.45, 2.75) is 38.3 Å². The lowest BCUT2D eigenvalue weighted by Crippen LogP contribution is -2.46. The van der Waals surface area contributed by atoms with Crippen molar-refractivity contribution in [3.8, 4) is 6.07 Å². The Labute approximate surface area is 140 Å². The van der Waals surface area contributed by atoms with Gasteiger partial charge in [-0.2, -0.15) is 5.26 Å². The summed E-state index contributed by atoms with van der Waals surface area (Å²) in [6, 6.07) is 6.33. The largest absolute Gasteiger partial charge is 0.382 e. The normalized spacial score (nSPS) is 21.1. The van der Waals surface area contributed by atoms with Gasteiger partial charge in [-0.1, -0.05) is 5.21 Å². The van der Waals surface area contributed by atoms with Crippen molar-refractivity contribution in [2.75, 3.05) is 18.0 Å². The van der Waals surface area contributed by atoms with Gasteiger partial charge in [0.15, 0.2) is 0 Å². The van der Waals surface area contributed by atoms with Crippen molar-refractivity contribution in [3.05, 3.63) is 41.5 Å². The lowest BCUT2D eigenvalue weighted by molar-refractivity contribution is 0.0176. The van der Waals surface area contributed by atoms with E-state index in [1.165, 1.54) is 12.1 Å². The Morgan fingerprint density at radius 2 is 2.21 bits per heavy atom. The number of aromatic nitrogens is 3. The molecule has 0 bridgehead atoms. The van der Waals surface area contributed by atoms with E-state index in [1.54, 1.807) is 16.9 Å². The molecule has 3 rings (SSSR count). The van der Waals surface area contributed by atoms with E-state index in [9.17, 15) is 14.8 Å². The molecule has 0 saturated carbocycles. The Morgan fingerprint density at radius 1 is 1.42 bits per heavy atom. The quantitative estimate of drug-likeness (QED) is 0.935. The Morgan fingerprint density at radius 3 is 2.88 bits per heavy atom. The van der Waals surface area contributed by atoms with Crippen molar-refractivity contribution < 1.29 is 9.50 Å². The molecule has 1 aliphatic rings. The van der Waals surface area contributed by atoms with Crippen molar-refractivity contribution >= 4 is 5.69 Å². The second-order valence-corrected chi connectivity index (χ2v) is 6.51. The first-order valence-electron chi connectivity index (χ1n) is 8.02. The molecule has 1 atom stereocenters. The standard InChI is InChI=1S/C17H20FN5O/c1-12(2)23-10-16(20-21-23)17(24)6-3-7-22(11-17)15-5-4-14(18)8-13(15)9-19/h4-5,8,10,12,24H,3,6-7,11H2,1-2H3. The Balaban J connectivity index is 1.90. The Kier molecular flexibility index (Phi) is 4.24. The van der Waals surface area contributed by atoms with Gasteiger partial charge in [0.2, 0.25) is 0 Å². The number of halogens is 1. The lowest BCUT2D eigenvalue weighted by Gasteiger charge is -2.39. The molecule has 126 valence electrons. The zero-order valence-electron chi connectivity index (χ0n) is 13.8. The number of hydrogen-bond acceptors (Lipinski definition) is 5. The SMILES string of the molecule is CC(C)n1cc(C2(O)CCCN(c3ccc(F)cc3C#N)C2)nn1. The predicted molar refractivity (Wildman–Crippen MR) is 86.9 cm³/mol. The van der Waals surface area contributed by atoms with Gasteiger partial charge in [0.1, 0.15) is 23.2 Å². The molecule has 1 aliphatic heterocycles. The summed E-state index contributed by atoms with van der Waals surface area (Å²) in [7, 11) is 0. The minimum atomic E-state index is -1.13. The number of hydrogen-bond donors (Lipinski definition) is 1. The molecule has 6 nitrogen and oxygen atoms in total. The fraction of sp³-hybridized carbons (Fsp3) is 0.471. The van der Waals surface area contributed by atoms with Gasteiger partial charge in [0.05, 0.1) is 24.0 Å². The highest BCUT2D eigenvalue weighted by Crippen LogP contribution is 2.34. The van der Waals surface area contributed by atoms with Crippen LogP contribution in [0.1, 0.15) is 44.0 Å². The first-order valence-corrected chi connectivity index (χ1v) is 8.02. The van der Waals surface area contributed by atoms with Crippen LogP contribution in [0.3, 0.4) is 0 Å². The van der Waals surface area contributed by atoms with E-state index in [-0.39, 0.29) is 11.6 Å². The molecular formula is C17H20FN5O. The van der Waals surface area contributed by atoms with Gasteiger partial charge in [0, 0.05) is 12.6 Å². The molecule has 2 heterocycles. The van der Waals surface area contributed by atoms with Crippen molar-refractivity contribution in [3.63, 3.8) is 0 Å². The molecule has 0 radical (unpaired) electrons. The highest BCUT2D eigenvalue weighted by Gasteiger charge is 2.38. The molecule has 1 unspecified atom stereocenters. The molecule has 2 aromatic rings. The molecule has 1 saturated heterocycles. The van der Waals surface area contributed by atoms with E-state index in [0.29, 0.717) is 30.9 Å². The van der Waals surface area contributed by atoms with Crippen LogP contribution in [0.5, 0.6) is 0 Å². The van der Waals surface area contributed by atoms with Crippen molar-refractivity contribution in [2.24, 2.45) is 0 Å². The average Bonchev–Trinajstić information content (AvgIpc) is 3.06. The fourth-order valence-electron chi connectivity index (χ4n) is 3.07. The summed E-state index contributed by atoms with van der Waals surface area (Å²) in [5.74, 6) is -0.442. The molecule has 1 aromatic carbocycles. The lowest BCUT2D eigenvalue weighted by atomic mass is 9.89. The smallest absolute Gasteiger partial charge is 0.127 e. The number of rotatable bonds is 3. The maximum atomic E-state index is 13.4. The van der Waals surface area contributed by atoms with E-state index in [4.69, 9.17) is 0 Å². The van der Waals surface area contributed by atoms with Crippen molar-refractivity contribution in [1.82, 2.24) is 15.0 Å². The number of aliphatic hydroxyl groups is 1. The number of β-amino-alcohol motifs (C(OH)–C–C–N with tert-alkyl or cyclic N) is 1. The Bertz CT molecular complexity index is 782. The second-order valence-electron chi connectivity index (χ2n) is 6.51. The van der Waals surface area contributed by atoms with Crippen LogP contribution in [0.25, 0.3) is 0 Å². The number of nitrogens with zero attached hydrogens (tertiary/aromatic N) is 5. The summed E-state index contributed by atoms with van der Waals surface area (Å²) in [4.78, 5) is 1.91. The summed E-state index contributed by atoms with van der Waals surface area (Å²) >= 11 is 0. The molecule has 0 spiro atoms. The summed E-state index contributed by atoms with van der Waals surface area (Å²) in [6.45, 7) is 4.98. The maximum Gasteiger partial charge on any atom is 0.127 e. The summed E-state index contributed by atoms with van der Waals surface area (Å²) in [5.41, 5.74) is 0.298. The molecule has 1 N–H and O–H groups in total. The molecule has 1 fully saturated rings. The number of benzene rings is 1. The van der Waals surface area contributed by atoms with Crippen LogP contribution in [0.4, 0.5) is 10.1 Å². The fourth-order valence-corrected chi connectivity index (χ4v) is 3.07. The van der Waals surface area contributed by atoms with Gasteiger partial charge in [-0.05, 0) is 44.9 Å². The van der Waals surface area contributed by atoms with Crippen LogP contribution >= 0.6 is 0 Å². The zero-order valence-corrected chi connectivity index (χ0v) is 13.8. The van der Waals surface area contributed by atoms with Crippen molar-refractivity contribution in [1.29, 1.82) is 5.26 Å². The average molecular weight is 329 g/mol. The first-order chi connectivity index (χ1) is 11.4. The minimum Gasteiger partial charge on any atom is -0.382 e. The first kappa shape index (κ1) is 16.4. The van der Waals surface area contributed by atoms with Gasteiger partial charge < -0.3 is 10.0 Å². The van der Waals surface area contributed by atoms with E-state index in [0.717, 1.165) is 6.42 Å². The third kappa shape index (κ3) is 2.97. The molecule has 0 amide bonds. The highest BCUT2D eigenvalue weighted by molar-refractivity contribution is 5.60. The minimum absolute atomic E-state index is 0.164. The third-order valence-electron chi connectivity index (χ3n) is 4.41. The van der Waals surface area contributed by atoms with E-state index >= 15 is 0 Å². The number of nitriles is 1. The second kappa shape index (κ2) is 6.21. The topological polar surface area (TPSA) is 78.0 Å². The predicted octanol–water partition coefficient (Wildman–Crippen LogP) is 2.36. The maximum absolute atomic E-state index is 13.4. The monoisotopic (exact) mass is 329 g/mol. The van der Waals surface area contributed by atoms with Crippen LogP contribution in [-0.4, -0.2) is 33.2 Å². The molecule has 7 heteroatoms. The molecule has 0 aliphatic carbocycles. The van der Waals surface area contributed by atoms with Gasteiger partial charge in [0.25, 0.3) is 0 Å². The van der Waals surface area contributed by atoms with E-state index in [1.807, 2.05) is 24.8 Å². The van der Waals surface area contributed by atoms with Gasteiger partial charge in [-0.25, -0.2) is 9.07 Å². The van der Waals surface area contributed by atoms with Crippen LogP contribution in [0.2, 0.25) is 0 Å². The summed E-state index contributed by atoms with van der Waals surface area (Å²) in [6.07, 6.45) is 3.08. The highest BCUT2D eigenvalue weighted by atomic mass is 19.1. The molecule has 1 aromatic heterocycles. The van der Waals surface area contributed by atoms with Crippen LogP contribution < -0.4 is 4.90 Å². The number of piperidine rings is 1. The third-order valence-corrected chi connectivity index (χ3v) is 4.41. The number of anilines is 1. The van der Waals surface area contributed by atoms with Crippen LogP contribution in [-0.2, 0) is 5.60 Å². The Hall–Kier alpha value is -2.46. The summed E-state index contributed by atoms with van der Waals surface area (Å²) in [5, 5.41) is 28.5. The van der Waals surface area contributed by atoms with E-state index < -0.39 is 11.4 Å². The molecular weight excluding hydrogens is 309 g/mol. The molecule has 24 heavy (non-hydrogen) atoms. The van der Waals surface area contributed by atoms with E-state index in [2.05, 4.69) is 10.3 Å².